The van der Waals surface area contributed by atoms with Crippen LogP contribution in [0.5, 0.6) is 0 Å². The summed E-state index contributed by atoms with van der Waals surface area (Å²) in [6, 6.07) is 12.0. The van der Waals surface area contributed by atoms with Gasteiger partial charge >= 0.3 is 0 Å². The summed E-state index contributed by atoms with van der Waals surface area (Å²) >= 11 is 6.08. The second kappa shape index (κ2) is 8.21. The van der Waals surface area contributed by atoms with Crippen molar-refractivity contribution in [2.75, 3.05) is 5.32 Å². The highest BCUT2D eigenvalue weighted by molar-refractivity contribution is 6.33. The molecular formula is C20H15ClN4O2. The number of imidazole rings is 1. The zero-order chi connectivity index (χ0) is 19.2. The molecule has 0 fully saturated rings. The summed E-state index contributed by atoms with van der Waals surface area (Å²) in [4.78, 5) is 31.0. The van der Waals surface area contributed by atoms with Crippen molar-refractivity contribution in [1.82, 2.24) is 15.3 Å². The number of anilines is 1. The van der Waals surface area contributed by atoms with Crippen molar-refractivity contribution in [3.8, 4) is 12.3 Å². The molecule has 0 saturated carbocycles. The monoisotopic (exact) mass is 378 g/mol. The van der Waals surface area contributed by atoms with E-state index in [1.807, 2.05) is 6.07 Å². The number of hydrogen-bond donors (Lipinski definition) is 3. The average Bonchev–Trinajstić information content (AvgIpc) is 3.22. The number of nitrogens with one attached hydrogen (secondary N) is 3. The molecule has 134 valence electrons. The van der Waals surface area contributed by atoms with Crippen LogP contribution in [-0.4, -0.2) is 21.8 Å². The highest BCUT2D eigenvalue weighted by Crippen LogP contribution is 2.18. The van der Waals surface area contributed by atoms with Gasteiger partial charge in [0, 0.05) is 17.8 Å². The van der Waals surface area contributed by atoms with Gasteiger partial charge in [-0.2, -0.15) is 0 Å². The van der Waals surface area contributed by atoms with Crippen molar-refractivity contribution in [2.45, 2.75) is 6.54 Å². The molecule has 0 aliphatic rings. The van der Waals surface area contributed by atoms with Gasteiger partial charge < -0.3 is 15.6 Å². The number of carbonyl (C=O) groups excluding carboxylic acids is 2. The van der Waals surface area contributed by atoms with E-state index in [1.54, 1.807) is 36.4 Å². The molecule has 0 atom stereocenters. The number of amides is 2. The highest BCUT2D eigenvalue weighted by atomic mass is 35.5. The largest absolute Gasteiger partial charge is 0.348 e. The molecule has 3 aromatic rings. The molecule has 7 heteroatoms. The minimum absolute atomic E-state index is 0.267. The minimum Gasteiger partial charge on any atom is -0.348 e. The summed E-state index contributed by atoms with van der Waals surface area (Å²) in [6.07, 6.45) is 8.23. The Morgan fingerprint density at radius 1 is 1.19 bits per heavy atom. The lowest BCUT2D eigenvalue weighted by Crippen LogP contribution is -2.23. The van der Waals surface area contributed by atoms with Gasteiger partial charge in [-0.25, -0.2) is 4.98 Å². The maximum absolute atomic E-state index is 12.4. The van der Waals surface area contributed by atoms with Crippen molar-refractivity contribution < 1.29 is 9.59 Å². The summed E-state index contributed by atoms with van der Waals surface area (Å²) in [5.41, 5.74) is 2.67. The van der Waals surface area contributed by atoms with Crippen LogP contribution in [-0.2, 0) is 6.54 Å². The van der Waals surface area contributed by atoms with E-state index in [-0.39, 0.29) is 18.4 Å². The first-order chi connectivity index (χ1) is 13.1. The molecule has 0 saturated heterocycles. The van der Waals surface area contributed by atoms with E-state index in [9.17, 15) is 9.59 Å². The average molecular weight is 379 g/mol. The molecule has 27 heavy (non-hydrogen) atoms. The lowest BCUT2D eigenvalue weighted by Gasteiger charge is -2.09. The molecule has 0 aliphatic heterocycles. The Balaban J connectivity index is 1.66. The summed E-state index contributed by atoms with van der Waals surface area (Å²) in [5.74, 6) is 1.85. The molecule has 0 aliphatic carbocycles. The fraction of sp³-hybridized carbons (Fsp3) is 0.0500. The topological polar surface area (TPSA) is 86.9 Å². The Bertz CT molecular complexity index is 1020. The van der Waals surface area contributed by atoms with Gasteiger partial charge in [-0.05, 0) is 35.9 Å². The molecule has 1 aromatic heterocycles. The fourth-order valence-electron chi connectivity index (χ4n) is 2.40. The molecule has 2 aromatic carbocycles. The number of nitrogens with zero attached hydrogens (tertiary/aromatic N) is 1. The third-order valence-electron chi connectivity index (χ3n) is 3.76. The number of hydrogen-bond acceptors (Lipinski definition) is 3. The second-order valence-corrected chi connectivity index (χ2v) is 6.05. The lowest BCUT2D eigenvalue weighted by molar-refractivity contribution is 0.0950. The minimum atomic E-state index is -0.330. The van der Waals surface area contributed by atoms with Gasteiger partial charge in [-0.1, -0.05) is 29.7 Å². The van der Waals surface area contributed by atoms with Gasteiger partial charge in [-0.3, -0.25) is 9.59 Å². The third-order valence-corrected chi connectivity index (χ3v) is 4.09. The van der Waals surface area contributed by atoms with E-state index in [0.29, 0.717) is 27.5 Å². The van der Waals surface area contributed by atoms with Gasteiger partial charge in [0.2, 0.25) is 0 Å². The standard InChI is InChI=1S/C20H15ClN4O2/c1-2-13-6-7-17(21)16(9-13)19(26)23-10-14-4-3-5-15(8-14)25-20(27)18-11-22-12-24-18/h1,3-9,11-12H,10H2,(H,22,24)(H,23,26)(H,25,27). The number of halogens is 1. The van der Waals surface area contributed by atoms with E-state index >= 15 is 0 Å². The zero-order valence-corrected chi connectivity index (χ0v) is 14.9. The van der Waals surface area contributed by atoms with Crippen LogP contribution in [0.25, 0.3) is 0 Å². The number of terminal acetylenes is 1. The number of benzene rings is 2. The molecular weight excluding hydrogens is 364 g/mol. The Labute approximate surface area is 161 Å². The first-order valence-electron chi connectivity index (χ1n) is 8.00. The van der Waals surface area contributed by atoms with Crippen LogP contribution in [0.2, 0.25) is 5.02 Å². The van der Waals surface area contributed by atoms with Crippen molar-refractivity contribution in [2.24, 2.45) is 0 Å². The van der Waals surface area contributed by atoms with Crippen molar-refractivity contribution in [1.29, 1.82) is 0 Å². The lowest BCUT2D eigenvalue weighted by atomic mass is 10.1. The maximum Gasteiger partial charge on any atom is 0.273 e. The first kappa shape index (κ1) is 18.2. The third kappa shape index (κ3) is 4.54. The predicted octanol–water partition coefficient (Wildman–Crippen LogP) is 3.23. The van der Waals surface area contributed by atoms with Gasteiger partial charge in [0.25, 0.3) is 11.8 Å². The van der Waals surface area contributed by atoms with Crippen molar-refractivity contribution >= 4 is 29.1 Å². The van der Waals surface area contributed by atoms with Crippen LogP contribution in [0, 0.1) is 12.3 Å². The zero-order valence-electron chi connectivity index (χ0n) is 14.1. The van der Waals surface area contributed by atoms with E-state index in [0.717, 1.165) is 5.56 Å². The van der Waals surface area contributed by atoms with Crippen LogP contribution in [0.1, 0.15) is 32.0 Å². The Morgan fingerprint density at radius 3 is 2.78 bits per heavy atom. The van der Waals surface area contributed by atoms with Crippen LogP contribution in [0.3, 0.4) is 0 Å². The van der Waals surface area contributed by atoms with Gasteiger partial charge in [-0.15, -0.1) is 6.42 Å². The van der Waals surface area contributed by atoms with Crippen molar-refractivity contribution in [3.63, 3.8) is 0 Å². The molecule has 3 rings (SSSR count). The smallest absolute Gasteiger partial charge is 0.273 e. The van der Waals surface area contributed by atoms with Crippen LogP contribution in [0.4, 0.5) is 5.69 Å². The molecule has 0 radical (unpaired) electrons. The molecule has 0 unspecified atom stereocenters. The SMILES string of the molecule is C#Cc1ccc(Cl)c(C(=O)NCc2cccc(NC(=O)c3cnc[nH]3)c2)c1. The Hall–Kier alpha value is -3.56. The normalized spacial score (nSPS) is 10.1. The molecule has 0 spiro atoms. The molecule has 0 bridgehead atoms. The maximum atomic E-state index is 12.4. The predicted molar refractivity (Wildman–Crippen MR) is 104 cm³/mol. The fourth-order valence-corrected chi connectivity index (χ4v) is 2.61. The number of rotatable bonds is 5. The molecule has 6 nitrogen and oxygen atoms in total. The Kier molecular flexibility index (Phi) is 5.55. The number of carbonyl (C=O) groups is 2. The molecule has 1 heterocycles. The number of aromatic nitrogens is 2. The summed E-state index contributed by atoms with van der Waals surface area (Å²) in [7, 11) is 0. The highest BCUT2D eigenvalue weighted by Gasteiger charge is 2.11. The summed E-state index contributed by atoms with van der Waals surface area (Å²) in [5, 5.41) is 5.88. The van der Waals surface area contributed by atoms with Crippen LogP contribution >= 0.6 is 11.6 Å². The second-order valence-electron chi connectivity index (χ2n) is 5.64. The van der Waals surface area contributed by atoms with Gasteiger partial charge in [0.05, 0.1) is 23.1 Å². The van der Waals surface area contributed by atoms with E-state index in [2.05, 4.69) is 26.5 Å². The van der Waals surface area contributed by atoms with Gasteiger partial charge in [0.1, 0.15) is 5.69 Å². The van der Waals surface area contributed by atoms with Gasteiger partial charge in [0.15, 0.2) is 0 Å². The van der Waals surface area contributed by atoms with E-state index < -0.39 is 0 Å². The number of aromatic amines is 1. The first-order valence-corrected chi connectivity index (χ1v) is 8.37. The van der Waals surface area contributed by atoms with E-state index in [4.69, 9.17) is 18.0 Å². The van der Waals surface area contributed by atoms with Crippen LogP contribution in [0.15, 0.2) is 55.0 Å². The molecule has 3 N–H and O–H groups in total. The van der Waals surface area contributed by atoms with Crippen LogP contribution < -0.4 is 10.6 Å². The quantitative estimate of drug-likeness (QED) is 0.596. The summed E-state index contributed by atoms with van der Waals surface area (Å²) in [6.45, 7) is 0.267. The van der Waals surface area contributed by atoms with Crippen molar-refractivity contribution in [3.05, 3.63) is 82.4 Å². The molecule has 2 amide bonds. The van der Waals surface area contributed by atoms with E-state index in [1.165, 1.54) is 12.5 Å². The Morgan fingerprint density at radius 2 is 2.04 bits per heavy atom. The summed E-state index contributed by atoms with van der Waals surface area (Å²) < 4.78 is 0. The number of H-pyrrole nitrogens is 1.